The molecule has 1 N–H and O–H groups in total. The highest BCUT2D eigenvalue weighted by Gasteiger charge is 2.39. The summed E-state index contributed by atoms with van der Waals surface area (Å²) in [6, 6.07) is 5.70. The fourth-order valence-corrected chi connectivity index (χ4v) is 3.99. The molecule has 1 atom stereocenters. The second-order valence-electron chi connectivity index (χ2n) is 6.86. The van der Waals surface area contributed by atoms with Gasteiger partial charge in [-0.2, -0.15) is 0 Å². The van der Waals surface area contributed by atoms with Crippen molar-refractivity contribution < 1.29 is 14.3 Å². The van der Waals surface area contributed by atoms with E-state index in [2.05, 4.69) is 5.32 Å². The molecule has 0 unspecified atom stereocenters. The molecule has 1 aliphatic carbocycles. The third-order valence-corrected chi connectivity index (χ3v) is 5.32. The van der Waals surface area contributed by atoms with Crippen LogP contribution in [-0.2, 0) is 14.3 Å². The molecule has 0 saturated heterocycles. The Morgan fingerprint density at radius 3 is 2.65 bits per heavy atom. The molecule has 0 saturated carbocycles. The van der Waals surface area contributed by atoms with Gasteiger partial charge in [-0.25, -0.2) is 4.79 Å². The summed E-state index contributed by atoms with van der Waals surface area (Å²) in [4.78, 5) is 27.2. The molecule has 1 heterocycles. The minimum atomic E-state index is -0.504. The lowest BCUT2D eigenvalue weighted by Gasteiger charge is -2.34. The first kappa shape index (κ1) is 18.5. The van der Waals surface area contributed by atoms with Crippen molar-refractivity contribution in [2.45, 2.75) is 32.1 Å². The molecule has 0 bridgehead atoms. The Balaban J connectivity index is 2.20. The van der Waals surface area contributed by atoms with Crippen molar-refractivity contribution in [1.82, 2.24) is 5.32 Å². The average molecular weight is 375 g/mol. The Morgan fingerprint density at radius 2 is 2.04 bits per heavy atom. The van der Waals surface area contributed by atoms with Gasteiger partial charge in [-0.1, -0.05) is 17.7 Å². The van der Waals surface area contributed by atoms with E-state index in [1.54, 1.807) is 0 Å². The monoisotopic (exact) mass is 374 g/mol. The lowest BCUT2D eigenvalue weighted by atomic mass is 9.75. The standard InChI is InChI=1S/C20H23ClN2O3/c1-11-17(20(25)26-4)18(19-15(22-11)6-5-7-16(19)24)13-9-8-12(23(2)3)10-14(13)21/h8-10,18,22H,5-7H2,1-4H3/t18-/m0/s1. The smallest absolute Gasteiger partial charge is 0.336 e. The molecule has 1 aromatic carbocycles. The number of halogens is 1. The van der Waals surface area contributed by atoms with Gasteiger partial charge >= 0.3 is 5.97 Å². The van der Waals surface area contributed by atoms with E-state index in [0.29, 0.717) is 28.3 Å². The summed E-state index contributed by atoms with van der Waals surface area (Å²) in [5.74, 6) is -0.890. The quantitative estimate of drug-likeness (QED) is 0.820. The maximum atomic E-state index is 12.7. The van der Waals surface area contributed by atoms with Gasteiger partial charge in [0.1, 0.15) is 0 Å². The van der Waals surface area contributed by atoms with Crippen molar-refractivity contribution in [2.75, 3.05) is 26.1 Å². The van der Waals surface area contributed by atoms with Crippen LogP contribution in [0.1, 0.15) is 37.7 Å². The fraction of sp³-hybridized carbons (Fsp3) is 0.400. The van der Waals surface area contributed by atoms with Gasteiger partial charge in [0.25, 0.3) is 0 Å². The predicted octanol–water partition coefficient (Wildman–Crippen LogP) is 3.55. The van der Waals surface area contributed by atoms with Crippen LogP contribution < -0.4 is 10.2 Å². The van der Waals surface area contributed by atoms with Crippen LogP contribution in [0.5, 0.6) is 0 Å². The second-order valence-corrected chi connectivity index (χ2v) is 7.26. The van der Waals surface area contributed by atoms with Crippen LogP contribution in [0.4, 0.5) is 5.69 Å². The van der Waals surface area contributed by atoms with Crippen LogP contribution in [0, 0.1) is 0 Å². The number of ketones is 1. The zero-order valence-electron chi connectivity index (χ0n) is 15.5. The summed E-state index contributed by atoms with van der Waals surface area (Å²) in [5, 5.41) is 3.78. The van der Waals surface area contributed by atoms with Gasteiger partial charge in [0, 0.05) is 54.1 Å². The summed E-state index contributed by atoms with van der Waals surface area (Å²) in [7, 11) is 5.22. The number of nitrogens with zero attached hydrogens (tertiary/aromatic N) is 1. The first-order chi connectivity index (χ1) is 12.3. The number of dihydropyridines is 1. The predicted molar refractivity (Wildman–Crippen MR) is 102 cm³/mol. The third kappa shape index (κ3) is 3.12. The number of Topliss-reactive ketones (excluding diaryl/α,β-unsaturated/α-hetero) is 1. The largest absolute Gasteiger partial charge is 0.466 e. The summed E-state index contributed by atoms with van der Waals surface area (Å²) in [6.07, 6.45) is 2.08. The highest BCUT2D eigenvalue weighted by Crippen LogP contribution is 2.45. The van der Waals surface area contributed by atoms with Crippen LogP contribution in [-0.4, -0.2) is 33.0 Å². The number of ether oxygens (including phenoxy) is 1. The maximum absolute atomic E-state index is 12.7. The number of allylic oxidation sites excluding steroid dienone is 3. The van der Waals surface area contributed by atoms with E-state index in [1.165, 1.54) is 7.11 Å². The van der Waals surface area contributed by atoms with E-state index < -0.39 is 11.9 Å². The van der Waals surface area contributed by atoms with Gasteiger partial charge in [0.15, 0.2) is 5.78 Å². The van der Waals surface area contributed by atoms with Gasteiger partial charge in [-0.15, -0.1) is 0 Å². The summed E-state index contributed by atoms with van der Waals surface area (Å²) in [6.45, 7) is 1.84. The van der Waals surface area contributed by atoms with Crippen molar-refractivity contribution in [1.29, 1.82) is 0 Å². The molecule has 6 heteroatoms. The Labute approximate surface area is 158 Å². The molecule has 5 nitrogen and oxygen atoms in total. The Bertz CT molecular complexity index is 839. The van der Waals surface area contributed by atoms with Crippen LogP contribution in [0.3, 0.4) is 0 Å². The van der Waals surface area contributed by atoms with Crippen LogP contribution >= 0.6 is 11.6 Å². The minimum absolute atomic E-state index is 0.0606. The van der Waals surface area contributed by atoms with E-state index in [0.717, 1.165) is 29.8 Å². The molecule has 138 valence electrons. The van der Waals surface area contributed by atoms with Crippen LogP contribution in [0.25, 0.3) is 0 Å². The highest BCUT2D eigenvalue weighted by atomic mass is 35.5. The number of anilines is 1. The molecule has 0 spiro atoms. The van der Waals surface area contributed by atoms with E-state index in [-0.39, 0.29) is 5.78 Å². The van der Waals surface area contributed by atoms with Crippen LogP contribution in [0.2, 0.25) is 5.02 Å². The van der Waals surface area contributed by atoms with Crippen LogP contribution in [0.15, 0.2) is 40.7 Å². The summed E-state index contributed by atoms with van der Waals surface area (Å²) >= 11 is 6.59. The molecule has 2 aliphatic rings. The highest BCUT2D eigenvalue weighted by molar-refractivity contribution is 6.32. The van der Waals surface area contributed by atoms with Gasteiger partial charge in [-0.05, 0) is 37.5 Å². The topological polar surface area (TPSA) is 58.6 Å². The molecule has 0 aromatic heterocycles. The number of esters is 1. The Hall–Kier alpha value is -2.27. The van der Waals surface area contributed by atoms with Gasteiger partial charge in [-0.3, -0.25) is 4.79 Å². The molecule has 1 aromatic rings. The summed E-state index contributed by atoms with van der Waals surface area (Å²) in [5.41, 5.74) is 4.40. The van der Waals surface area contributed by atoms with Crippen molar-refractivity contribution in [3.63, 3.8) is 0 Å². The lowest BCUT2D eigenvalue weighted by Crippen LogP contribution is -2.34. The van der Waals surface area contributed by atoms with E-state index in [1.807, 2.05) is 44.1 Å². The number of rotatable bonds is 3. The SMILES string of the molecule is COC(=O)C1=C(C)NC2=C(C(=O)CCC2)[C@H]1c1ccc(N(C)C)cc1Cl. The molecule has 3 rings (SSSR count). The molecular formula is C20H23ClN2O3. The van der Waals surface area contributed by atoms with Crippen molar-refractivity contribution in [3.05, 3.63) is 51.3 Å². The number of hydrogen-bond acceptors (Lipinski definition) is 5. The second kappa shape index (κ2) is 7.16. The van der Waals surface area contributed by atoms with Gasteiger partial charge in [0.05, 0.1) is 12.7 Å². The number of hydrogen-bond donors (Lipinski definition) is 1. The number of nitrogens with one attached hydrogen (secondary N) is 1. The number of benzene rings is 1. The zero-order chi connectivity index (χ0) is 19.0. The van der Waals surface area contributed by atoms with E-state index >= 15 is 0 Å². The molecule has 0 amide bonds. The van der Waals surface area contributed by atoms with E-state index in [9.17, 15) is 9.59 Å². The molecule has 1 aliphatic heterocycles. The third-order valence-electron chi connectivity index (χ3n) is 4.99. The molecule has 0 fully saturated rings. The fourth-order valence-electron chi connectivity index (χ4n) is 3.70. The van der Waals surface area contributed by atoms with Crippen molar-refractivity contribution >= 4 is 29.0 Å². The minimum Gasteiger partial charge on any atom is -0.466 e. The van der Waals surface area contributed by atoms with Gasteiger partial charge in [0.2, 0.25) is 0 Å². The lowest BCUT2D eigenvalue weighted by molar-refractivity contribution is -0.136. The number of methoxy groups -OCH3 is 1. The number of carbonyl (C=O) groups is 2. The summed E-state index contributed by atoms with van der Waals surface area (Å²) < 4.78 is 5.01. The first-order valence-corrected chi connectivity index (χ1v) is 9.02. The van der Waals surface area contributed by atoms with E-state index in [4.69, 9.17) is 16.3 Å². The van der Waals surface area contributed by atoms with Gasteiger partial charge < -0.3 is 15.0 Å². The van der Waals surface area contributed by atoms with Crippen molar-refractivity contribution in [2.24, 2.45) is 0 Å². The normalized spacial score (nSPS) is 19.9. The Morgan fingerprint density at radius 1 is 1.31 bits per heavy atom. The average Bonchev–Trinajstić information content (AvgIpc) is 2.60. The Kier molecular flexibility index (Phi) is 5.10. The number of carbonyl (C=O) groups excluding carboxylic acids is 2. The molecule has 26 heavy (non-hydrogen) atoms. The maximum Gasteiger partial charge on any atom is 0.336 e. The van der Waals surface area contributed by atoms with Crippen molar-refractivity contribution in [3.8, 4) is 0 Å². The first-order valence-electron chi connectivity index (χ1n) is 8.64. The molecule has 0 radical (unpaired) electrons. The molecular weight excluding hydrogens is 352 g/mol. The zero-order valence-corrected chi connectivity index (χ0v) is 16.2.